The van der Waals surface area contributed by atoms with E-state index in [1.807, 2.05) is 32.9 Å². The van der Waals surface area contributed by atoms with Gasteiger partial charge in [0, 0.05) is 43.2 Å². The zero-order valence-corrected chi connectivity index (χ0v) is 17.7. The third kappa shape index (κ3) is 5.94. The number of halogens is 1. The van der Waals surface area contributed by atoms with Gasteiger partial charge in [0.25, 0.3) is 5.91 Å². The van der Waals surface area contributed by atoms with Crippen molar-refractivity contribution in [2.75, 3.05) is 18.0 Å². The maximum atomic E-state index is 12.4. The lowest BCUT2D eigenvalue weighted by Gasteiger charge is -2.32. The van der Waals surface area contributed by atoms with Gasteiger partial charge in [-0.3, -0.25) is 4.79 Å². The van der Waals surface area contributed by atoms with Crippen LogP contribution in [-0.4, -0.2) is 41.6 Å². The van der Waals surface area contributed by atoms with Crippen molar-refractivity contribution in [3.05, 3.63) is 58.7 Å². The van der Waals surface area contributed by atoms with Crippen LogP contribution in [-0.2, 0) is 4.74 Å². The summed E-state index contributed by atoms with van der Waals surface area (Å²) in [6, 6.07) is 10.3. The summed E-state index contributed by atoms with van der Waals surface area (Å²) in [4.78, 5) is 31.1. The minimum atomic E-state index is -0.365. The molecule has 0 atom stereocenters. The van der Waals surface area contributed by atoms with Crippen LogP contribution in [0.1, 0.15) is 54.3 Å². The normalized spacial score (nSPS) is 15.1. The summed E-state index contributed by atoms with van der Waals surface area (Å²) in [5.41, 5.74) is 0.643. The lowest BCUT2D eigenvalue weighted by Crippen LogP contribution is -2.40. The standard InChI is InChI=1S/C22H26ClN3O3/c1-22(2,3)25-20(27)15-4-6-16(7-5-15)21(28)29-18-10-12-26(13-11-18)19-9-8-17(23)14-24-19/h4-9,14,18H,10-13H2,1-3H3,(H,25,27). The number of piperidine rings is 1. The number of amides is 1. The Kier molecular flexibility index (Phi) is 6.42. The lowest BCUT2D eigenvalue weighted by molar-refractivity contribution is 0.0244. The fourth-order valence-electron chi connectivity index (χ4n) is 3.15. The van der Waals surface area contributed by atoms with Gasteiger partial charge in [0.1, 0.15) is 11.9 Å². The van der Waals surface area contributed by atoms with Crippen LogP contribution in [0.3, 0.4) is 0 Å². The predicted molar refractivity (Wildman–Crippen MR) is 114 cm³/mol. The van der Waals surface area contributed by atoms with Crippen LogP contribution >= 0.6 is 11.6 Å². The van der Waals surface area contributed by atoms with Crippen molar-refractivity contribution in [2.24, 2.45) is 0 Å². The molecule has 7 heteroatoms. The summed E-state index contributed by atoms with van der Waals surface area (Å²) in [6.45, 7) is 7.29. The van der Waals surface area contributed by atoms with Crippen LogP contribution in [0.4, 0.5) is 5.82 Å². The number of nitrogens with one attached hydrogen (secondary N) is 1. The number of benzene rings is 1. The molecule has 1 saturated heterocycles. The first kappa shape index (κ1) is 21.1. The summed E-state index contributed by atoms with van der Waals surface area (Å²) in [5.74, 6) is 0.347. The molecule has 2 heterocycles. The average molecular weight is 416 g/mol. The number of carbonyl (C=O) groups excluding carboxylic acids is 2. The van der Waals surface area contributed by atoms with E-state index in [2.05, 4.69) is 15.2 Å². The Balaban J connectivity index is 1.52. The quantitative estimate of drug-likeness (QED) is 0.761. The molecule has 0 spiro atoms. The predicted octanol–water partition coefficient (Wildman–Crippen LogP) is 4.09. The van der Waals surface area contributed by atoms with Gasteiger partial charge in [0.2, 0.25) is 0 Å². The molecule has 0 radical (unpaired) electrons. The number of anilines is 1. The molecular formula is C22H26ClN3O3. The number of esters is 1. The minimum absolute atomic E-state index is 0.130. The number of carbonyl (C=O) groups is 2. The third-order valence-electron chi connectivity index (χ3n) is 4.62. The third-order valence-corrected chi connectivity index (χ3v) is 4.85. The second-order valence-corrected chi connectivity index (χ2v) is 8.64. The highest BCUT2D eigenvalue weighted by atomic mass is 35.5. The molecule has 0 unspecified atom stereocenters. The highest BCUT2D eigenvalue weighted by Gasteiger charge is 2.24. The molecule has 3 rings (SSSR count). The molecule has 1 N–H and O–H groups in total. The van der Waals surface area contributed by atoms with Gasteiger partial charge in [-0.15, -0.1) is 0 Å². The fourth-order valence-corrected chi connectivity index (χ4v) is 3.26. The van der Waals surface area contributed by atoms with Crippen molar-refractivity contribution in [3.63, 3.8) is 0 Å². The fraction of sp³-hybridized carbons (Fsp3) is 0.409. The molecule has 154 valence electrons. The molecule has 6 nitrogen and oxygen atoms in total. The van der Waals surface area contributed by atoms with Gasteiger partial charge < -0.3 is 15.0 Å². The average Bonchev–Trinajstić information content (AvgIpc) is 2.68. The van der Waals surface area contributed by atoms with E-state index in [-0.39, 0.29) is 23.5 Å². The van der Waals surface area contributed by atoms with Gasteiger partial charge in [0.05, 0.1) is 10.6 Å². The van der Waals surface area contributed by atoms with Gasteiger partial charge in [-0.1, -0.05) is 11.6 Å². The van der Waals surface area contributed by atoms with Gasteiger partial charge in [-0.05, 0) is 57.2 Å². The Labute approximate surface area is 176 Å². The number of hydrogen-bond acceptors (Lipinski definition) is 5. The molecule has 29 heavy (non-hydrogen) atoms. The number of rotatable bonds is 4. The van der Waals surface area contributed by atoms with Crippen molar-refractivity contribution in [2.45, 2.75) is 45.3 Å². The molecule has 0 bridgehead atoms. The lowest BCUT2D eigenvalue weighted by atomic mass is 10.1. The smallest absolute Gasteiger partial charge is 0.338 e. The van der Waals surface area contributed by atoms with Gasteiger partial charge in [-0.2, -0.15) is 0 Å². The van der Waals surface area contributed by atoms with Crippen LogP contribution in [0.2, 0.25) is 5.02 Å². The van der Waals surface area contributed by atoms with Crippen LogP contribution in [0.25, 0.3) is 0 Å². The second kappa shape index (κ2) is 8.82. The highest BCUT2D eigenvalue weighted by Crippen LogP contribution is 2.21. The monoisotopic (exact) mass is 415 g/mol. The number of pyridine rings is 1. The zero-order chi connectivity index (χ0) is 21.0. The van der Waals surface area contributed by atoms with E-state index < -0.39 is 0 Å². The molecule has 1 aromatic heterocycles. The Morgan fingerprint density at radius 1 is 1.07 bits per heavy atom. The summed E-state index contributed by atoms with van der Waals surface area (Å²) in [6.07, 6.45) is 2.98. The van der Waals surface area contributed by atoms with E-state index in [1.54, 1.807) is 30.5 Å². The first-order valence-electron chi connectivity index (χ1n) is 9.71. The van der Waals surface area contributed by atoms with E-state index >= 15 is 0 Å². The number of nitrogens with zero attached hydrogens (tertiary/aromatic N) is 2. The van der Waals surface area contributed by atoms with E-state index in [9.17, 15) is 9.59 Å². The van der Waals surface area contributed by atoms with Crippen LogP contribution < -0.4 is 10.2 Å². The zero-order valence-electron chi connectivity index (χ0n) is 16.9. The molecule has 1 amide bonds. The largest absolute Gasteiger partial charge is 0.459 e. The Morgan fingerprint density at radius 2 is 1.69 bits per heavy atom. The second-order valence-electron chi connectivity index (χ2n) is 8.21. The van der Waals surface area contributed by atoms with Crippen LogP contribution in [0.5, 0.6) is 0 Å². The van der Waals surface area contributed by atoms with Crippen molar-refractivity contribution < 1.29 is 14.3 Å². The number of ether oxygens (including phenoxy) is 1. The summed E-state index contributed by atoms with van der Waals surface area (Å²) in [7, 11) is 0. The van der Waals surface area contributed by atoms with E-state index in [0.29, 0.717) is 16.1 Å². The number of hydrogen-bond donors (Lipinski definition) is 1. The summed E-state index contributed by atoms with van der Waals surface area (Å²) >= 11 is 5.88. The highest BCUT2D eigenvalue weighted by molar-refractivity contribution is 6.30. The SMILES string of the molecule is CC(C)(C)NC(=O)c1ccc(C(=O)OC2CCN(c3ccc(Cl)cn3)CC2)cc1. The van der Waals surface area contributed by atoms with Crippen LogP contribution in [0.15, 0.2) is 42.6 Å². The van der Waals surface area contributed by atoms with Gasteiger partial charge >= 0.3 is 5.97 Å². The first-order chi connectivity index (χ1) is 13.7. The Hall–Kier alpha value is -2.60. The maximum absolute atomic E-state index is 12.4. The van der Waals surface area contributed by atoms with Crippen molar-refractivity contribution in [3.8, 4) is 0 Å². The first-order valence-corrected chi connectivity index (χ1v) is 10.1. The van der Waals surface area contributed by atoms with Gasteiger partial charge in [-0.25, -0.2) is 9.78 Å². The summed E-state index contributed by atoms with van der Waals surface area (Å²) < 4.78 is 5.65. The molecule has 1 aliphatic rings. The van der Waals surface area contributed by atoms with Crippen molar-refractivity contribution in [1.29, 1.82) is 0 Å². The Morgan fingerprint density at radius 3 is 2.24 bits per heavy atom. The van der Waals surface area contributed by atoms with E-state index in [0.717, 1.165) is 31.7 Å². The van der Waals surface area contributed by atoms with E-state index in [1.165, 1.54) is 0 Å². The topological polar surface area (TPSA) is 71.5 Å². The molecule has 1 aromatic carbocycles. The maximum Gasteiger partial charge on any atom is 0.338 e. The van der Waals surface area contributed by atoms with Crippen LogP contribution in [0, 0.1) is 0 Å². The molecule has 1 fully saturated rings. The molecular weight excluding hydrogens is 390 g/mol. The molecule has 0 saturated carbocycles. The Bertz CT molecular complexity index is 852. The molecule has 1 aliphatic heterocycles. The molecule has 2 aromatic rings. The van der Waals surface area contributed by atoms with E-state index in [4.69, 9.17) is 16.3 Å². The molecule has 0 aliphatic carbocycles. The number of aromatic nitrogens is 1. The van der Waals surface area contributed by atoms with Crippen molar-refractivity contribution >= 4 is 29.3 Å². The minimum Gasteiger partial charge on any atom is -0.459 e. The van der Waals surface area contributed by atoms with Crippen molar-refractivity contribution in [1.82, 2.24) is 10.3 Å². The van der Waals surface area contributed by atoms with Gasteiger partial charge in [0.15, 0.2) is 0 Å². The summed E-state index contributed by atoms with van der Waals surface area (Å²) in [5, 5.41) is 3.51.